The molecule has 1 atom stereocenters. The van der Waals surface area contributed by atoms with Crippen molar-refractivity contribution < 1.29 is 28.2 Å². The van der Waals surface area contributed by atoms with Gasteiger partial charge in [-0.1, -0.05) is 0 Å². The van der Waals surface area contributed by atoms with Crippen molar-refractivity contribution in [2.45, 2.75) is 59.4 Å². The summed E-state index contributed by atoms with van der Waals surface area (Å²) in [6, 6.07) is 5.63. The molecule has 1 amide bonds. The number of amides is 1. The number of esters is 1. The molecule has 0 aliphatic rings. The molecular weight excluding hydrogens is 555 g/mol. The van der Waals surface area contributed by atoms with E-state index in [1.54, 1.807) is 34.7 Å². The Morgan fingerprint density at radius 3 is 2.54 bits per heavy atom. The molecule has 2 heterocycles. The number of likely N-dealkylation sites (N-methyl/N-ethyl adjacent to an activating group) is 1. The van der Waals surface area contributed by atoms with Gasteiger partial charge in [-0.05, 0) is 51.5 Å². The number of carbonyl (C=O) groups excluding carboxylic acids is 2. The molecule has 0 saturated heterocycles. The summed E-state index contributed by atoms with van der Waals surface area (Å²) in [7, 11) is 2.97. The van der Waals surface area contributed by atoms with Crippen LogP contribution in [-0.2, 0) is 27.4 Å². The molecule has 1 aromatic carbocycles. The largest absolute Gasteiger partial charge is 0.496 e. The van der Waals surface area contributed by atoms with Gasteiger partial charge in [0, 0.05) is 18.7 Å². The highest BCUT2D eigenvalue weighted by Crippen LogP contribution is 2.33. The molecule has 41 heavy (non-hydrogen) atoms. The molecule has 0 bridgehead atoms. The molecule has 13 heteroatoms. The predicted octanol–water partition coefficient (Wildman–Crippen LogP) is 3.40. The van der Waals surface area contributed by atoms with Gasteiger partial charge in [-0.3, -0.25) is 18.7 Å². The topological polar surface area (TPSA) is 133 Å². The number of carbonyl (C=O) groups is 2. The number of thiophene rings is 1. The SMILES string of the molecule is CCOC(=O)c1sc2c(c1C)c(=O)n(CC(=O)N(C)C(C)C)c(=O)n2C[C@H](OCCC#N)c1cc(F)ccc1OC. The van der Waals surface area contributed by atoms with Crippen molar-refractivity contribution in [1.82, 2.24) is 14.0 Å². The number of hydrogen-bond donors (Lipinski definition) is 0. The van der Waals surface area contributed by atoms with Crippen LogP contribution >= 0.6 is 11.3 Å². The minimum Gasteiger partial charge on any atom is -0.496 e. The number of halogens is 1. The monoisotopic (exact) mass is 588 g/mol. The third-order valence-corrected chi connectivity index (χ3v) is 7.93. The molecule has 220 valence electrons. The first-order chi connectivity index (χ1) is 19.5. The van der Waals surface area contributed by atoms with E-state index in [4.69, 9.17) is 19.5 Å². The van der Waals surface area contributed by atoms with Gasteiger partial charge in [0.15, 0.2) is 0 Å². The average molecular weight is 589 g/mol. The minimum atomic E-state index is -0.997. The van der Waals surface area contributed by atoms with Crippen LogP contribution in [0.15, 0.2) is 27.8 Å². The smallest absolute Gasteiger partial charge is 0.348 e. The molecule has 0 aliphatic carbocycles. The predicted molar refractivity (Wildman–Crippen MR) is 151 cm³/mol. The van der Waals surface area contributed by atoms with Crippen LogP contribution in [-0.4, -0.2) is 59.3 Å². The normalized spacial score (nSPS) is 11.9. The van der Waals surface area contributed by atoms with E-state index < -0.39 is 41.6 Å². The molecule has 11 nitrogen and oxygen atoms in total. The van der Waals surface area contributed by atoms with Crippen molar-refractivity contribution in [3.05, 3.63) is 60.9 Å². The van der Waals surface area contributed by atoms with Crippen LogP contribution in [0, 0.1) is 24.1 Å². The van der Waals surface area contributed by atoms with Crippen molar-refractivity contribution in [2.24, 2.45) is 0 Å². The highest BCUT2D eigenvalue weighted by molar-refractivity contribution is 7.20. The first-order valence-electron chi connectivity index (χ1n) is 13.0. The number of rotatable bonds is 12. The van der Waals surface area contributed by atoms with Crippen molar-refractivity contribution in [2.75, 3.05) is 27.4 Å². The summed E-state index contributed by atoms with van der Waals surface area (Å²) in [4.78, 5) is 55.0. The molecule has 0 saturated carbocycles. The van der Waals surface area contributed by atoms with Crippen LogP contribution in [0.5, 0.6) is 5.75 Å². The fourth-order valence-corrected chi connectivity index (χ4v) is 5.43. The summed E-state index contributed by atoms with van der Waals surface area (Å²) >= 11 is 0.911. The molecule has 3 rings (SSSR count). The van der Waals surface area contributed by atoms with Gasteiger partial charge in [0.25, 0.3) is 5.56 Å². The zero-order chi connectivity index (χ0) is 30.4. The number of hydrogen-bond acceptors (Lipinski definition) is 9. The van der Waals surface area contributed by atoms with Gasteiger partial charge < -0.3 is 19.1 Å². The number of aryl methyl sites for hydroxylation is 1. The zero-order valence-electron chi connectivity index (χ0n) is 23.9. The Hall–Kier alpha value is -4.02. The van der Waals surface area contributed by atoms with Crippen molar-refractivity contribution >= 4 is 33.4 Å². The standard InChI is InChI=1S/C28H33FN4O7S/c1-7-39-27(36)24-17(4)23-25(35)32(15-22(34)31(5)16(2)3)28(37)33(26(23)41-24)14-21(40-12-8-11-30)19-13-18(29)9-10-20(19)38-6/h9-10,13,16,21H,7-8,12,14-15H2,1-6H3/t21-/m0/s1. The van der Waals surface area contributed by atoms with E-state index in [1.165, 1.54) is 34.8 Å². The number of fused-ring (bicyclic) bond motifs is 1. The highest BCUT2D eigenvalue weighted by Gasteiger charge is 2.28. The van der Waals surface area contributed by atoms with Crippen LogP contribution in [0.3, 0.4) is 0 Å². The van der Waals surface area contributed by atoms with E-state index in [-0.39, 0.29) is 58.6 Å². The Bertz CT molecular complexity index is 1600. The lowest BCUT2D eigenvalue weighted by Crippen LogP contribution is -2.45. The molecule has 3 aromatic rings. The van der Waals surface area contributed by atoms with Gasteiger partial charge in [0.2, 0.25) is 5.91 Å². The zero-order valence-corrected chi connectivity index (χ0v) is 24.7. The lowest BCUT2D eigenvalue weighted by molar-refractivity contribution is -0.132. The first kappa shape index (κ1) is 31.5. The Balaban J connectivity index is 2.31. The molecule has 2 aromatic heterocycles. The van der Waals surface area contributed by atoms with Crippen LogP contribution < -0.4 is 16.0 Å². The molecule has 0 fully saturated rings. The molecule has 0 unspecified atom stereocenters. The number of ether oxygens (including phenoxy) is 3. The van der Waals surface area contributed by atoms with Gasteiger partial charge in [-0.2, -0.15) is 5.26 Å². The van der Waals surface area contributed by atoms with E-state index in [1.807, 2.05) is 6.07 Å². The Morgan fingerprint density at radius 1 is 1.22 bits per heavy atom. The lowest BCUT2D eigenvalue weighted by Gasteiger charge is -2.23. The third-order valence-electron chi connectivity index (χ3n) is 6.64. The molecular formula is C28H33FN4O7S. The van der Waals surface area contributed by atoms with Crippen LogP contribution in [0.4, 0.5) is 4.39 Å². The van der Waals surface area contributed by atoms with Gasteiger partial charge in [0.05, 0.1) is 44.7 Å². The van der Waals surface area contributed by atoms with E-state index in [2.05, 4.69) is 0 Å². The second kappa shape index (κ2) is 13.6. The fourth-order valence-electron chi connectivity index (χ4n) is 4.23. The van der Waals surface area contributed by atoms with Gasteiger partial charge in [-0.15, -0.1) is 11.3 Å². The summed E-state index contributed by atoms with van der Waals surface area (Å²) in [5.74, 6) is -1.40. The lowest BCUT2D eigenvalue weighted by atomic mass is 10.1. The fraction of sp³-hybridized carbons (Fsp3) is 0.464. The average Bonchev–Trinajstić information content (AvgIpc) is 3.28. The maximum Gasteiger partial charge on any atom is 0.348 e. The van der Waals surface area contributed by atoms with Gasteiger partial charge in [0.1, 0.15) is 33.9 Å². The summed E-state index contributed by atoms with van der Waals surface area (Å²) in [5, 5.41) is 9.13. The van der Waals surface area contributed by atoms with Crippen molar-refractivity contribution in [3.8, 4) is 11.8 Å². The van der Waals surface area contributed by atoms with Gasteiger partial charge in [-0.25, -0.2) is 14.0 Å². The van der Waals surface area contributed by atoms with Crippen LogP contribution in [0.25, 0.3) is 10.2 Å². The second-order valence-corrected chi connectivity index (χ2v) is 10.5. The maximum absolute atomic E-state index is 14.4. The van der Waals surface area contributed by atoms with Crippen molar-refractivity contribution in [3.63, 3.8) is 0 Å². The molecule has 0 N–H and O–H groups in total. The third kappa shape index (κ3) is 6.66. The Kier molecular flexibility index (Phi) is 10.4. The second-order valence-electron chi connectivity index (χ2n) is 9.49. The Morgan fingerprint density at radius 2 is 1.93 bits per heavy atom. The number of nitrogens with zero attached hydrogens (tertiary/aromatic N) is 4. The number of benzene rings is 1. The quantitative estimate of drug-likeness (QED) is 0.232. The summed E-state index contributed by atoms with van der Waals surface area (Å²) in [5.41, 5.74) is -0.945. The number of nitriles is 1. The minimum absolute atomic E-state index is 0.0269. The number of methoxy groups -OCH3 is 1. The van der Waals surface area contributed by atoms with Gasteiger partial charge >= 0.3 is 11.7 Å². The van der Waals surface area contributed by atoms with Crippen LogP contribution in [0.2, 0.25) is 0 Å². The first-order valence-corrected chi connectivity index (χ1v) is 13.8. The molecule has 0 radical (unpaired) electrons. The van der Waals surface area contributed by atoms with Crippen molar-refractivity contribution in [1.29, 1.82) is 5.26 Å². The molecule has 0 aliphatic heterocycles. The molecule has 0 spiro atoms. The van der Waals surface area contributed by atoms with E-state index in [0.29, 0.717) is 5.56 Å². The van der Waals surface area contributed by atoms with E-state index in [9.17, 15) is 23.6 Å². The number of aromatic nitrogens is 2. The van der Waals surface area contributed by atoms with Crippen LogP contribution in [0.1, 0.15) is 54.1 Å². The Labute approximate surface area is 240 Å². The highest BCUT2D eigenvalue weighted by atomic mass is 32.1. The summed E-state index contributed by atoms with van der Waals surface area (Å²) < 4.78 is 32.9. The summed E-state index contributed by atoms with van der Waals surface area (Å²) in [6.45, 7) is 6.12. The maximum atomic E-state index is 14.4. The summed E-state index contributed by atoms with van der Waals surface area (Å²) in [6.07, 6.45) is -0.970. The van der Waals surface area contributed by atoms with E-state index in [0.717, 1.165) is 15.9 Å². The van der Waals surface area contributed by atoms with E-state index >= 15 is 0 Å².